The Hall–Kier alpha value is -2.90. The second-order valence-corrected chi connectivity index (χ2v) is 6.99. The number of carbonyl (C=O) groups excluding carboxylic acids is 2. The van der Waals surface area contributed by atoms with E-state index in [1.165, 1.54) is 0 Å². The van der Waals surface area contributed by atoms with Gasteiger partial charge in [0.25, 0.3) is 5.91 Å². The van der Waals surface area contributed by atoms with Crippen LogP contribution in [0.5, 0.6) is 5.75 Å². The maximum absolute atomic E-state index is 12.4. The van der Waals surface area contributed by atoms with Crippen LogP contribution in [-0.4, -0.2) is 48.6 Å². The summed E-state index contributed by atoms with van der Waals surface area (Å²) in [5.74, 6) is -0.0558. The van der Waals surface area contributed by atoms with Crippen LogP contribution in [-0.2, 0) is 10.4 Å². The fourth-order valence-electron chi connectivity index (χ4n) is 3.47. The number of piperidine rings is 1. The van der Waals surface area contributed by atoms with E-state index >= 15 is 0 Å². The van der Waals surface area contributed by atoms with Crippen LogP contribution in [0.3, 0.4) is 0 Å². The average molecular weight is 383 g/mol. The summed E-state index contributed by atoms with van der Waals surface area (Å²) in [6, 6.07) is 14.1. The van der Waals surface area contributed by atoms with Gasteiger partial charge in [-0.2, -0.15) is 0 Å². The molecular formula is C21H25N3O4. The number of amides is 2. The number of rotatable bonds is 6. The predicted molar refractivity (Wildman–Crippen MR) is 106 cm³/mol. The van der Waals surface area contributed by atoms with E-state index in [0.717, 1.165) is 11.3 Å². The van der Waals surface area contributed by atoms with Gasteiger partial charge in [0.15, 0.2) is 0 Å². The number of ether oxygens (including phenoxy) is 1. The Kier molecular flexibility index (Phi) is 5.96. The van der Waals surface area contributed by atoms with Crippen LogP contribution in [0, 0.1) is 0 Å². The number of hydrogen-bond acceptors (Lipinski definition) is 5. The third-order valence-corrected chi connectivity index (χ3v) is 5.14. The number of benzene rings is 2. The van der Waals surface area contributed by atoms with Crippen molar-refractivity contribution in [1.29, 1.82) is 0 Å². The van der Waals surface area contributed by atoms with Gasteiger partial charge in [-0.05, 0) is 42.7 Å². The summed E-state index contributed by atoms with van der Waals surface area (Å²) in [6.45, 7) is 1.37. The minimum absolute atomic E-state index is 0.186. The lowest BCUT2D eigenvalue weighted by atomic mass is 9.84. The maximum Gasteiger partial charge on any atom is 0.250 e. The SMILES string of the molecule is COc1ccc(C2(O)CCN(CC(=O)Nc3ccccc3C(N)=O)CC2)cc1. The minimum Gasteiger partial charge on any atom is -0.497 e. The molecule has 1 saturated heterocycles. The van der Waals surface area contributed by atoms with Crippen molar-refractivity contribution in [1.82, 2.24) is 4.90 Å². The molecule has 28 heavy (non-hydrogen) atoms. The molecule has 3 rings (SSSR count). The number of nitrogens with two attached hydrogens (primary N) is 1. The molecule has 2 aromatic rings. The lowest BCUT2D eigenvalue weighted by molar-refractivity contribution is -0.118. The van der Waals surface area contributed by atoms with Crippen molar-refractivity contribution in [2.75, 3.05) is 32.1 Å². The quantitative estimate of drug-likeness (QED) is 0.704. The summed E-state index contributed by atoms with van der Waals surface area (Å²) >= 11 is 0. The summed E-state index contributed by atoms with van der Waals surface area (Å²) in [4.78, 5) is 25.8. The molecule has 0 aliphatic carbocycles. The highest BCUT2D eigenvalue weighted by Gasteiger charge is 2.34. The molecule has 2 aromatic carbocycles. The second kappa shape index (κ2) is 8.41. The highest BCUT2D eigenvalue weighted by molar-refractivity contribution is 6.03. The van der Waals surface area contributed by atoms with E-state index in [-0.39, 0.29) is 18.0 Å². The summed E-state index contributed by atoms with van der Waals surface area (Å²) < 4.78 is 5.16. The Morgan fingerprint density at radius 2 is 1.79 bits per heavy atom. The maximum atomic E-state index is 12.4. The minimum atomic E-state index is -0.905. The molecule has 1 heterocycles. The molecule has 7 nitrogen and oxygen atoms in total. The molecule has 148 valence electrons. The van der Waals surface area contributed by atoms with Crippen molar-refractivity contribution in [2.24, 2.45) is 5.73 Å². The van der Waals surface area contributed by atoms with Gasteiger partial charge < -0.3 is 20.9 Å². The summed E-state index contributed by atoms with van der Waals surface area (Å²) in [7, 11) is 1.61. The van der Waals surface area contributed by atoms with E-state index in [1.54, 1.807) is 31.4 Å². The van der Waals surface area contributed by atoms with E-state index in [1.807, 2.05) is 29.2 Å². The molecule has 0 unspecified atom stereocenters. The highest BCUT2D eigenvalue weighted by atomic mass is 16.5. The van der Waals surface area contributed by atoms with Gasteiger partial charge in [-0.25, -0.2) is 0 Å². The molecule has 7 heteroatoms. The molecule has 0 bridgehead atoms. The number of anilines is 1. The Balaban J connectivity index is 1.56. The zero-order valence-electron chi connectivity index (χ0n) is 15.9. The lowest BCUT2D eigenvalue weighted by Crippen LogP contribution is -2.45. The van der Waals surface area contributed by atoms with Crippen LogP contribution in [0.4, 0.5) is 5.69 Å². The van der Waals surface area contributed by atoms with Crippen molar-refractivity contribution >= 4 is 17.5 Å². The Morgan fingerprint density at radius 1 is 1.14 bits per heavy atom. The zero-order chi connectivity index (χ0) is 20.1. The summed E-state index contributed by atoms with van der Waals surface area (Å²) in [5, 5.41) is 13.7. The third kappa shape index (κ3) is 4.49. The first-order valence-corrected chi connectivity index (χ1v) is 9.19. The van der Waals surface area contributed by atoms with Gasteiger partial charge in [0.2, 0.25) is 5.91 Å². The number of hydrogen-bond donors (Lipinski definition) is 3. The van der Waals surface area contributed by atoms with Gasteiger partial charge in [0.1, 0.15) is 5.75 Å². The molecule has 0 radical (unpaired) electrons. The molecule has 1 fully saturated rings. The van der Waals surface area contributed by atoms with E-state index in [4.69, 9.17) is 10.5 Å². The summed E-state index contributed by atoms with van der Waals surface area (Å²) in [5.41, 5.74) is 5.98. The molecule has 0 spiro atoms. The molecular weight excluding hydrogens is 358 g/mol. The van der Waals surface area contributed by atoms with E-state index in [2.05, 4.69) is 5.32 Å². The Labute approximate surface area is 164 Å². The van der Waals surface area contributed by atoms with Crippen LogP contribution < -0.4 is 15.8 Å². The normalized spacial score (nSPS) is 16.4. The van der Waals surface area contributed by atoms with Crippen LogP contribution in [0.25, 0.3) is 0 Å². The lowest BCUT2D eigenvalue weighted by Gasteiger charge is -2.38. The fourth-order valence-corrected chi connectivity index (χ4v) is 3.47. The van der Waals surface area contributed by atoms with Crippen LogP contribution in [0.15, 0.2) is 48.5 Å². The summed E-state index contributed by atoms with van der Waals surface area (Å²) in [6.07, 6.45) is 1.06. The standard InChI is InChI=1S/C21H25N3O4/c1-28-16-8-6-15(7-9-16)21(27)10-12-24(13-11-21)14-19(25)23-18-5-3-2-4-17(18)20(22)26/h2-9,27H,10-14H2,1H3,(H2,22,26)(H,23,25). The first-order chi connectivity index (χ1) is 13.4. The smallest absolute Gasteiger partial charge is 0.250 e. The van der Waals surface area contributed by atoms with Gasteiger partial charge >= 0.3 is 0 Å². The largest absolute Gasteiger partial charge is 0.497 e. The van der Waals surface area contributed by atoms with Crippen molar-refractivity contribution in [2.45, 2.75) is 18.4 Å². The molecule has 0 atom stereocenters. The molecule has 0 aromatic heterocycles. The van der Waals surface area contributed by atoms with E-state index < -0.39 is 11.5 Å². The van der Waals surface area contributed by atoms with E-state index in [9.17, 15) is 14.7 Å². The first kappa shape index (κ1) is 19.9. The fraction of sp³-hybridized carbons (Fsp3) is 0.333. The number of methoxy groups -OCH3 is 1. The topological polar surface area (TPSA) is 105 Å². The van der Waals surface area contributed by atoms with Crippen LogP contribution >= 0.6 is 0 Å². The van der Waals surface area contributed by atoms with Crippen LogP contribution in [0.1, 0.15) is 28.8 Å². The monoisotopic (exact) mass is 383 g/mol. The predicted octanol–water partition coefficient (Wildman–Crippen LogP) is 1.72. The number of likely N-dealkylation sites (tertiary alicyclic amines) is 1. The first-order valence-electron chi connectivity index (χ1n) is 9.19. The molecule has 1 aliphatic rings. The Morgan fingerprint density at radius 3 is 2.39 bits per heavy atom. The Bertz CT molecular complexity index is 843. The molecule has 2 amide bonds. The number of carbonyl (C=O) groups is 2. The van der Waals surface area contributed by atoms with Gasteiger partial charge in [-0.15, -0.1) is 0 Å². The number of aliphatic hydroxyl groups is 1. The van der Waals surface area contributed by atoms with Crippen molar-refractivity contribution in [3.05, 3.63) is 59.7 Å². The molecule has 0 saturated carbocycles. The molecule has 1 aliphatic heterocycles. The van der Waals surface area contributed by atoms with Crippen molar-refractivity contribution in [3.8, 4) is 5.75 Å². The van der Waals surface area contributed by atoms with Gasteiger partial charge in [-0.3, -0.25) is 14.5 Å². The number of nitrogens with zero attached hydrogens (tertiary/aromatic N) is 1. The van der Waals surface area contributed by atoms with Gasteiger partial charge in [0.05, 0.1) is 30.5 Å². The average Bonchev–Trinajstić information content (AvgIpc) is 2.70. The van der Waals surface area contributed by atoms with Gasteiger partial charge in [-0.1, -0.05) is 24.3 Å². The number of nitrogens with one attached hydrogen (secondary N) is 1. The van der Waals surface area contributed by atoms with Crippen molar-refractivity contribution in [3.63, 3.8) is 0 Å². The van der Waals surface area contributed by atoms with Crippen LogP contribution in [0.2, 0.25) is 0 Å². The highest BCUT2D eigenvalue weighted by Crippen LogP contribution is 2.33. The number of primary amides is 1. The third-order valence-electron chi connectivity index (χ3n) is 5.14. The zero-order valence-corrected chi connectivity index (χ0v) is 15.9. The second-order valence-electron chi connectivity index (χ2n) is 6.99. The molecule has 4 N–H and O–H groups in total. The van der Waals surface area contributed by atoms with Crippen molar-refractivity contribution < 1.29 is 19.4 Å². The van der Waals surface area contributed by atoms with E-state index in [0.29, 0.717) is 31.6 Å². The van der Waals surface area contributed by atoms with Gasteiger partial charge in [0, 0.05) is 13.1 Å². The number of para-hydroxylation sites is 1.